The van der Waals surface area contributed by atoms with Crippen LogP contribution >= 0.6 is 7.82 Å². The zero-order valence-corrected chi connectivity index (χ0v) is 17.4. The van der Waals surface area contributed by atoms with Gasteiger partial charge >= 0.3 is 115 Å². The van der Waals surface area contributed by atoms with Gasteiger partial charge in [0, 0.05) is 0 Å². The average Bonchev–Trinajstić information content (AvgIpc) is 1.50. The minimum Gasteiger partial charge on any atom is -2.00 e. The molecule has 0 rings (SSSR count). The SMILES string of the molecule is O=C([O-])[O-].O=C([O-])[O-].O=P([O-])([O-])[O-].[Mg+2].[Mg+2].[Mg+2].[Mg+2].[Mg+2].[O-2]. The summed E-state index contributed by atoms with van der Waals surface area (Å²) in [4.78, 5) is 42.3. The summed E-state index contributed by atoms with van der Waals surface area (Å²) in [6, 6.07) is 0. The van der Waals surface area contributed by atoms with Gasteiger partial charge in [0.25, 0.3) is 0 Å². The largest absolute Gasteiger partial charge is 2.00 e. The Bertz CT molecular complexity index is 177. The number of hydrogen-bond acceptors (Lipinski definition) is 10. The summed E-state index contributed by atoms with van der Waals surface area (Å²) in [5.41, 5.74) is 0. The first-order valence-corrected chi connectivity index (χ1v) is 3.42. The van der Waals surface area contributed by atoms with E-state index in [1.165, 1.54) is 0 Å². The quantitative estimate of drug-likeness (QED) is 0.294. The third-order valence-corrected chi connectivity index (χ3v) is 0. The van der Waals surface area contributed by atoms with Crippen LogP contribution in [0.15, 0.2) is 0 Å². The Kier molecular flexibility index (Phi) is 113. The molecule has 0 saturated heterocycles. The summed E-state index contributed by atoms with van der Waals surface area (Å²) in [6.45, 7) is 0. The second-order valence-corrected chi connectivity index (χ2v) is 1.84. The van der Waals surface area contributed by atoms with Crippen LogP contribution < -0.4 is 35.1 Å². The topological polar surface area (TPSA) is 241 Å². The molecule has 0 spiro atoms. The second kappa shape index (κ2) is 37.0. The molecular formula is C2Mg5O11P+. The fourth-order valence-electron chi connectivity index (χ4n) is 0. The fraction of sp³-hybridized carbons (Fsp3) is 0. The Morgan fingerprint density at radius 3 is 0.632 bits per heavy atom. The Hall–Kier alpha value is 2.44. The van der Waals surface area contributed by atoms with E-state index in [1.807, 2.05) is 0 Å². The van der Waals surface area contributed by atoms with Gasteiger partial charge in [-0.1, -0.05) is 0 Å². The van der Waals surface area contributed by atoms with Crippen LogP contribution in [0.1, 0.15) is 0 Å². The van der Waals surface area contributed by atoms with Crippen molar-refractivity contribution in [1.82, 2.24) is 0 Å². The van der Waals surface area contributed by atoms with E-state index in [0.717, 1.165) is 0 Å². The standard InChI is InChI=1S/2CH2O3.5Mg.H3O4P.O/c2*2-1(3)4;;;;;;1-5(2,3)4;/h2*(H2,2,3,4);;;;;;(H3,1,2,3,4);/q;;5*+2;;-2/p-7. The molecule has 0 heterocycles. The van der Waals surface area contributed by atoms with Crippen LogP contribution in [0.5, 0.6) is 0 Å². The monoisotopic (exact) mass is 351 g/mol. The van der Waals surface area contributed by atoms with E-state index in [9.17, 15) is 0 Å². The summed E-state index contributed by atoms with van der Waals surface area (Å²) >= 11 is 0. The van der Waals surface area contributed by atoms with E-state index in [4.69, 9.17) is 49.3 Å². The maximum Gasteiger partial charge on any atom is 2.00 e. The molecule has 0 saturated carbocycles. The molecule has 0 amide bonds. The third-order valence-electron chi connectivity index (χ3n) is 0. The Labute approximate surface area is 187 Å². The maximum atomic E-state index is 8.55. The van der Waals surface area contributed by atoms with Gasteiger partial charge in [-0.2, -0.15) is 7.82 Å². The Morgan fingerprint density at radius 1 is 0.632 bits per heavy atom. The first-order chi connectivity index (χ1) is 5.46. The van der Waals surface area contributed by atoms with Crippen molar-refractivity contribution in [3.63, 3.8) is 0 Å². The number of phosphoric acid groups is 1. The van der Waals surface area contributed by atoms with Crippen molar-refractivity contribution in [2.75, 3.05) is 0 Å². The fourth-order valence-corrected chi connectivity index (χ4v) is 0. The minimum absolute atomic E-state index is 0. The third kappa shape index (κ3) is 1170. The molecule has 0 radical (unpaired) electrons. The van der Waals surface area contributed by atoms with Gasteiger partial charge in [-0.3, -0.25) is 0 Å². The van der Waals surface area contributed by atoms with Crippen LogP contribution in [-0.4, -0.2) is 128 Å². The molecule has 17 heteroatoms. The molecule has 0 aliphatic rings. The Balaban J connectivity index is -0.00000000980. The van der Waals surface area contributed by atoms with Gasteiger partial charge in [0.15, 0.2) is 0 Å². The van der Waals surface area contributed by atoms with Gasteiger partial charge in [0.05, 0.1) is 0 Å². The summed E-state index contributed by atoms with van der Waals surface area (Å²) in [6.07, 6.45) is -4.67. The number of hydrogen-bond donors (Lipinski definition) is 0. The Morgan fingerprint density at radius 2 is 0.632 bits per heavy atom. The van der Waals surface area contributed by atoms with E-state index in [1.54, 1.807) is 0 Å². The molecule has 0 aromatic carbocycles. The molecule has 88 valence electrons. The molecule has 19 heavy (non-hydrogen) atoms. The van der Waals surface area contributed by atoms with E-state index in [-0.39, 0.29) is 121 Å². The molecule has 0 aromatic heterocycles. The van der Waals surface area contributed by atoms with Crippen LogP contribution in [0, 0.1) is 0 Å². The molecule has 0 fully saturated rings. The van der Waals surface area contributed by atoms with Crippen molar-refractivity contribution >= 4 is 135 Å². The van der Waals surface area contributed by atoms with Gasteiger partial charge in [0.1, 0.15) is 0 Å². The molecule has 0 N–H and O–H groups in total. The van der Waals surface area contributed by atoms with Crippen LogP contribution in [0.4, 0.5) is 9.59 Å². The summed E-state index contributed by atoms with van der Waals surface area (Å²) in [5.74, 6) is 0. The first kappa shape index (κ1) is 57.9. The number of carbonyl (C=O) groups excluding carboxylic acids is 2. The van der Waals surface area contributed by atoms with Crippen molar-refractivity contribution in [2.45, 2.75) is 0 Å². The van der Waals surface area contributed by atoms with E-state index in [0.29, 0.717) is 0 Å². The van der Waals surface area contributed by atoms with Crippen molar-refractivity contribution in [3.8, 4) is 0 Å². The smallest absolute Gasteiger partial charge is 2.00 e. The second-order valence-electron chi connectivity index (χ2n) is 0.947. The van der Waals surface area contributed by atoms with Crippen LogP contribution in [0.3, 0.4) is 0 Å². The molecule has 11 nitrogen and oxygen atoms in total. The van der Waals surface area contributed by atoms with E-state index >= 15 is 0 Å². The maximum absolute atomic E-state index is 8.55. The van der Waals surface area contributed by atoms with Crippen LogP contribution in [0.25, 0.3) is 0 Å². The normalized spacial score (nSPS) is 5.63. The molecule has 0 atom stereocenters. The van der Waals surface area contributed by atoms with Gasteiger partial charge < -0.3 is 54.7 Å². The molecule has 0 bridgehead atoms. The molecule has 0 unspecified atom stereocenters. The molecular weight excluding hydrogens is 353 g/mol. The van der Waals surface area contributed by atoms with Gasteiger partial charge in [-0.15, -0.1) is 0 Å². The summed E-state index contributed by atoms with van der Waals surface area (Å²) in [7, 11) is -5.39. The molecule has 0 aliphatic heterocycles. The number of rotatable bonds is 0. The van der Waals surface area contributed by atoms with Crippen molar-refractivity contribution in [2.24, 2.45) is 0 Å². The van der Waals surface area contributed by atoms with Gasteiger partial charge in [-0.25, -0.2) is 0 Å². The van der Waals surface area contributed by atoms with E-state index in [2.05, 4.69) is 0 Å². The summed E-state index contributed by atoms with van der Waals surface area (Å²) < 4.78 is 8.55. The zero-order chi connectivity index (χ0) is 11.7. The predicted octanol–water partition coefficient (Wildman–Crippen LogP) is -9.74. The van der Waals surface area contributed by atoms with Gasteiger partial charge in [0.2, 0.25) is 0 Å². The average molecular weight is 353 g/mol. The zero-order valence-electron chi connectivity index (χ0n) is 9.47. The number of carboxylic acid groups (broad SMARTS) is 4. The van der Waals surface area contributed by atoms with Crippen molar-refractivity contribution < 1.29 is 54.7 Å². The number of carbonyl (C=O) groups is 2. The van der Waals surface area contributed by atoms with Crippen molar-refractivity contribution in [1.29, 1.82) is 0 Å². The van der Waals surface area contributed by atoms with Crippen molar-refractivity contribution in [3.05, 3.63) is 0 Å². The van der Waals surface area contributed by atoms with Gasteiger partial charge in [-0.05, 0) is 12.3 Å². The summed E-state index contributed by atoms with van der Waals surface area (Å²) in [5, 5.41) is 33.3. The first-order valence-electron chi connectivity index (χ1n) is 1.96. The van der Waals surface area contributed by atoms with Crippen LogP contribution in [-0.2, 0) is 10.0 Å². The van der Waals surface area contributed by atoms with Crippen LogP contribution in [0.2, 0.25) is 0 Å². The minimum atomic E-state index is -5.39. The van der Waals surface area contributed by atoms with E-state index < -0.39 is 20.1 Å². The molecule has 0 aliphatic carbocycles. The predicted molar refractivity (Wildman–Crippen MR) is 47.9 cm³/mol. The molecule has 0 aromatic rings.